The fraction of sp³-hybridized carbons (Fsp3) is 0. The predicted molar refractivity (Wildman–Crippen MR) is 67.2 cm³/mol. The van der Waals surface area contributed by atoms with Gasteiger partial charge in [0.05, 0.1) is 4.47 Å². The second kappa shape index (κ2) is 5.07. The standard InChI is InChI=1S/C10H9BrFN5/c11-8-5-14-10(17-13)16-9(8)15-7-3-1-2-6(12)4-7/h1-5H,13H2,(H2,14,15,16,17). The van der Waals surface area contributed by atoms with E-state index in [2.05, 4.69) is 36.6 Å². The van der Waals surface area contributed by atoms with Crippen LogP contribution in [0.5, 0.6) is 0 Å². The third-order valence-corrected chi connectivity index (χ3v) is 2.54. The van der Waals surface area contributed by atoms with Crippen LogP contribution in [0.2, 0.25) is 0 Å². The van der Waals surface area contributed by atoms with Crippen molar-refractivity contribution in [3.05, 3.63) is 40.8 Å². The minimum absolute atomic E-state index is 0.270. The van der Waals surface area contributed by atoms with Crippen molar-refractivity contribution in [1.29, 1.82) is 0 Å². The SMILES string of the molecule is NNc1ncc(Br)c(Nc2cccc(F)c2)n1. The molecule has 1 aromatic carbocycles. The molecule has 2 aromatic rings. The molecule has 4 N–H and O–H groups in total. The molecule has 0 aliphatic heterocycles. The van der Waals surface area contributed by atoms with E-state index in [1.54, 1.807) is 18.3 Å². The minimum Gasteiger partial charge on any atom is -0.339 e. The first kappa shape index (κ1) is 11.7. The van der Waals surface area contributed by atoms with E-state index in [0.717, 1.165) is 0 Å². The maximum Gasteiger partial charge on any atom is 0.239 e. The van der Waals surface area contributed by atoms with E-state index < -0.39 is 0 Å². The second-order valence-corrected chi connectivity index (χ2v) is 4.02. The normalized spacial score (nSPS) is 10.1. The summed E-state index contributed by atoms with van der Waals surface area (Å²) in [6.07, 6.45) is 1.55. The van der Waals surface area contributed by atoms with E-state index in [-0.39, 0.29) is 11.8 Å². The molecule has 0 aliphatic carbocycles. The third kappa shape index (κ3) is 2.89. The Bertz CT molecular complexity index is 534. The first-order chi connectivity index (χ1) is 8.19. The van der Waals surface area contributed by atoms with Gasteiger partial charge in [0.1, 0.15) is 11.6 Å². The maximum absolute atomic E-state index is 13.0. The number of nitrogen functional groups attached to an aromatic ring is 1. The quantitative estimate of drug-likeness (QED) is 0.599. The number of anilines is 3. The lowest BCUT2D eigenvalue weighted by atomic mass is 10.3. The summed E-state index contributed by atoms with van der Waals surface area (Å²) in [5.74, 6) is 5.66. The molecule has 0 saturated carbocycles. The lowest BCUT2D eigenvalue weighted by Gasteiger charge is -2.08. The number of rotatable bonds is 3. The zero-order valence-electron chi connectivity index (χ0n) is 8.61. The van der Waals surface area contributed by atoms with Crippen LogP contribution in [0.3, 0.4) is 0 Å². The fourth-order valence-corrected chi connectivity index (χ4v) is 1.52. The Balaban J connectivity index is 2.29. The van der Waals surface area contributed by atoms with Crippen LogP contribution in [0.1, 0.15) is 0 Å². The van der Waals surface area contributed by atoms with Crippen molar-refractivity contribution in [3.63, 3.8) is 0 Å². The Hall–Kier alpha value is -1.73. The first-order valence-electron chi connectivity index (χ1n) is 4.71. The molecule has 0 amide bonds. The molecule has 7 heteroatoms. The Morgan fingerprint density at radius 3 is 2.88 bits per heavy atom. The number of hydrogen-bond acceptors (Lipinski definition) is 5. The van der Waals surface area contributed by atoms with Gasteiger partial charge in [-0.15, -0.1) is 0 Å². The number of nitrogens with one attached hydrogen (secondary N) is 2. The third-order valence-electron chi connectivity index (χ3n) is 1.96. The van der Waals surface area contributed by atoms with Gasteiger partial charge in [-0.1, -0.05) is 6.07 Å². The lowest BCUT2D eigenvalue weighted by Crippen LogP contribution is -2.11. The highest BCUT2D eigenvalue weighted by molar-refractivity contribution is 9.10. The van der Waals surface area contributed by atoms with Gasteiger partial charge >= 0.3 is 0 Å². The molecule has 0 saturated heterocycles. The van der Waals surface area contributed by atoms with E-state index in [1.807, 2.05) is 0 Å². The number of hydrazine groups is 1. The number of halogens is 2. The molecular formula is C10H9BrFN5. The zero-order valence-corrected chi connectivity index (χ0v) is 10.2. The fourth-order valence-electron chi connectivity index (χ4n) is 1.23. The molecule has 2 rings (SSSR count). The van der Waals surface area contributed by atoms with Crippen molar-refractivity contribution < 1.29 is 4.39 Å². The van der Waals surface area contributed by atoms with Gasteiger partial charge in [0.25, 0.3) is 0 Å². The van der Waals surface area contributed by atoms with Gasteiger partial charge in [0.15, 0.2) is 0 Å². The van der Waals surface area contributed by atoms with Crippen molar-refractivity contribution in [1.82, 2.24) is 9.97 Å². The summed E-state index contributed by atoms with van der Waals surface area (Å²) in [6.45, 7) is 0. The number of hydrogen-bond donors (Lipinski definition) is 3. The van der Waals surface area contributed by atoms with E-state index in [0.29, 0.717) is 16.0 Å². The van der Waals surface area contributed by atoms with Crippen molar-refractivity contribution in [2.24, 2.45) is 5.84 Å². The smallest absolute Gasteiger partial charge is 0.239 e. The maximum atomic E-state index is 13.0. The van der Waals surface area contributed by atoms with Gasteiger partial charge in [0.2, 0.25) is 5.95 Å². The minimum atomic E-state index is -0.322. The average Bonchev–Trinajstić information content (AvgIpc) is 2.32. The summed E-state index contributed by atoms with van der Waals surface area (Å²) in [4.78, 5) is 8.00. The van der Waals surface area contributed by atoms with Crippen molar-refractivity contribution in [2.45, 2.75) is 0 Å². The molecule has 5 nitrogen and oxygen atoms in total. The molecule has 88 valence electrons. The van der Waals surface area contributed by atoms with Crippen LogP contribution in [0, 0.1) is 5.82 Å². The number of aromatic nitrogens is 2. The van der Waals surface area contributed by atoms with Gasteiger partial charge in [-0.25, -0.2) is 15.2 Å². The molecule has 0 aliphatic rings. The topological polar surface area (TPSA) is 75.9 Å². The zero-order chi connectivity index (χ0) is 12.3. The molecule has 17 heavy (non-hydrogen) atoms. The molecule has 0 fully saturated rings. The van der Waals surface area contributed by atoms with Gasteiger partial charge in [0, 0.05) is 11.9 Å². The Morgan fingerprint density at radius 2 is 2.18 bits per heavy atom. The molecule has 0 bridgehead atoms. The van der Waals surface area contributed by atoms with Crippen molar-refractivity contribution in [2.75, 3.05) is 10.7 Å². The van der Waals surface area contributed by atoms with Crippen LogP contribution < -0.4 is 16.6 Å². The van der Waals surface area contributed by atoms with E-state index in [4.69, 9.17) is 5.84 Å². The van der Waals surface area contributed by atoms with Crippen molar-refractivity contribution in [3.8, 4) is 0 Å². The summed E-state index contributed by atoms with van der Waals surface area (Å²) in [6, 6.07) is 6.07. The van der Waals surface area contributed by atoms with Crippen LogP contribution in [0.15, 0.2) is 34.9 Å². The first-order valence-corrected chi connectivity index (χ1v) is 5.50. The Morgan fingerprint density at radius 1 is 1.35 bits per heavy atom. The monoisotopic (exact) mass is 297 g/mol. The van der Waals surface area contributed by atoms with E-state index >= 15 is 0 Å². The molecule has 1 heterocycles. The molecule has 0 atom stereocenters. The van der Waals surface area contributed by atoms with Crippen molar-refractivity contribution >= 4 is 33.4 Å². The Kier molecular flexibility index (Phi) is 3.50. The van der Waals surface area contributed by atoms with E-state index in [1.165, 1.54) is 12.1 Å². The highest BCUT2D eigenvalue weighted by atomic mass is 79.9. The highest BCUT2D eigenvalue weighted by Crippen LogP contribution is 2.24. The molecule has 0 radical (unpaired) electrons. The van der Waals surface area contributed by atoms with Gasteiger partial charge in [-0.3, -0.25) is 5.43 Å². The van der Waals surface area contributed by atoms with E-state index in [9.17, 15) is 4.39 Å². The van der Waals surface area contributed by atoms with Crippen LogP contribution >= 0.6 is 15.9 Å². The number of nitrogens with two attached hydrogens (primary N) is 1. The van der Waals surface area contributed by atoms with Crippen LogP contribution in [0.25, 0.3) is 0 Å². The second-order valence-electron chi connectivity index (χ2n) is 3.17. The predicted octanol–water partition coefficient (Wildman–Crippen LogP) is 2.41. The van der Waals surface area contributed by atoms with Gasteiger partial charge in [-0.05, 0) is 34.1 Å². The van der Waals surface area contributed by atoms with Gasteiger partial charge in [-0.2, -0.15) is 4.98 Å². The average molecular weight is 298 g/mol. The summed E-state index contributed by atoms with van der Waals surface area (Å²) in [5, 5.41) is 2.95. The summed E-state index contributed by atoms with van der Waals surface area (Å²) in [5.41, 5.74) is 2.92. The number of benzene rings is 1. The highest BCUT2D eigenvalue weighted by Gasteiger charge is 2.05. The molecule has 1 aromatic heterocycles. The Labute approximate surface area is 105 Å². The molecule has 0 unspecified atom stereocenters. The largest absolute Gasteiger partial charge is 0.339 e. The van der Waals surface area contributed by atoms with Crippen LogP contribution in [-0.4, -0.2) is 9.97 Å². The summed E-state index contributed by atoms with van der Waals surface area (Å²) < 4.78 is 13.7. The summed E-state index contributed by atoms with van der Waals surface area (Å²) in [7, 11) is 0. The molecular weight excluding hydrogens is 289 g/mol. The summed E-state index contributed by atoms with van der Waals surface area (Å²) >= 11 is 3.29. The van der Waals surface area contributed by atoms with Gasteiger partial charge < -0.3 is 5.32 Å². The number of nitrogens with zero attached hydrogens (tertiary/aromatic N) is 2. The van der Waals surface area contributed by atoms with Crippen LogP contribution in [0.4, 0.5) is 21.8 Å². The molecule has 0 spiro atoms. The van der Waals surface area contributed by atoms with Crippen LogP contribution in [-0.2, 0) is 0 Å². The lowest BCUT2D eigenvalue weighted by molar-refractivity contribution is 0.628.